The average Bonchev–Trinajstić information content (AvgIpc) is 2.56. The minimum atomic E-state index is -0.552. The van der Waals surface area contributed by atoms with Crippen LogP contribution in [0.4, 0.5) is 0 Å². The zero-order valence-corrected chi connectivity index (χ0v) is 15.1. The summed E-state index contributed by atoms with van der Waals surface area (Å²) in [5, 5.41) is 3.67. The van der Waals surface area contributed by atoms with Crippen LogP contribution in [0.25, 0.3) is 0 Å². The van der Waals surface area contributed by atoms with Crippen molar-refractivity contribution in [2.45, 2.75) is 45.8 Å². The molecule has 0 spiro atoms. The Morgan fingerprint density at radius 1 is 1.17 bits per heavy atom. The van der Waals surface area contributed by atoms with Crippen molar-refractivity contribution >= 4 is 17.5 Å². The van der Waals surface area contributed by atoms with Crippen LogP contribution in [0.3, 0.4) is 0 Å². The van der Waals surface area contributed by atoms with Crippen molar-refractivity contribution in [3.8, 4) is 5.75 Å². The standard InChI is InChI=1S/C20H24ClNO2/c1-14-13-18(21)11-12-19(14)24-16(3)20(23)22-15(2)9-10-17-7-5-4-6-8-17/h4-8,11-13,15-16H,9-10H2,1-3H3,(H,22,23)/t15-,16+/m0/s1. The number of rotatable bonds is 7. The van der Waals surface area contributed by atoms with Gasteiger partial charge in [-0.3, -0.25) is 4.79 Å². The first-order valence-corrected chi connectivity index (χ1v) is 8.60. The van der Waals surface area contributed by atoms with E-state index >= 15 is 0 Å². The zero-order chi connectivity index (χ0) is 17.5. The SMILES string of the molecule is Cc1cc(Cl)ccc1O[C@H](C)C(=O)N[C@@H](C)CCc1ccccc1. The van der Waals surface area contributed by atoms with Crippen molar-refractivity contribution in [2.75, 3.05) is 0 Å². The lowest BCUT2D eigenvalue weighted by Gasteiger charge is -2.19. The first kappa shape index (κ1) is 18.3. The Morgan fingerprint density at radius 3 is 2.54 bits per heavy atom. The van der Waals surface area contributed by atoms with E-state index in [0.29, 0.717) is 10.8 Å². The Kier molecular flexibility index (Phi) is 6.68. The van der Waals surface area contributed by atoms with Crippen molar-refractivity contribution in [1.82, 2.24) is 5.32 Å². The van der Waals surface area contributed by atoms with Gasteiger partial charge in [0, 0.05) is 11.1 Å². The molecule has 0 saturated heterocycles. The Bertz CT molecular complexity index is 673. The van der Waals surface area contributed by atoms with E-state index in [-0.39, 0.29) is 11.9 Å². The summed E-state index contributed by atoms with van der Waals surface area (Å²) in [4.78, 5) is 12.3. The van der Waals surface area contributed by atoms with Gasteiger partial charge in [0.25, 0.3) is 5.91 Å². The van der Waals surface area contributed by atoms with Gasteiger partial charge in [0.05, 0.1) is 0 Å². The molecule has 1 N–H and O–H groups in total. The van der Waals surface area contributed by atoms with E-state index < -0.39 is 6.10 Å². The van der Waals surface area contributed by atoms with Gasteiger partial charge in [0.2, 0.25) is 0 Å². The maximum Gasteiger partial charge on any atom is 0.260 e. The molecule has 0 aliphatic heterocycles. The number of benzene rings is 2. The van der Waals surface area contributed by atoms with Gasteiger partial charge >= 0.3 is 0 Å². The molecule has 24 heavy (non-hydrogen) atoms. The minimum absolute atomic E-state index is 0.0927. The highest BCUT2D eigenvalue weighted by molar-refractivity contribution is 6.30. The smallest absolute Gasteiger partial charge is 0.260 e. The zero-order valence-electron chi connectivity index (χ0n) is 14.4. The summed E-state index contributed by atoms with van der Waals surface area (Å²) in [5.41, 5.74) is 2.19. The van der Waals surface area contributed by atoms with E-state index in [0.717, 1.165) is 18.4 Å². The quantitative estimate of drug-likeness (QED) is 0.799. The normalized spacial score (nSPS) is 13.2. The summed E-state index contributed by atoms with van der Waals surface area (Å²) < 4.78 is 5.75. The van der Waals surface area contributed by atoms with Crippen LogP contribution in [0.5, 0.6) is 5.75 Å². The summed E-state index contributed by atoms with van der Waals surface area (Å²) in [6.07, 6.45) is 1.28. The molecule has 2 rings (SSSR count). The number of halogens is 1. The van der Waals surface area contributed by atoms with Gasteiger partial charge in [-0.05, 0) is 62.9 Å². The largest absolute Gasteiger partial charge is 0.481 e. The fraction of sp³-hybridized carbons (Fsp3) is 0.350. The van der Waals surface area contributed by atoms with Crippen molar-refractivity contribution in [3.63, 3.8) is 0 Å². The van der Waals surface area contributed by atoms with Crippen LogP contribution in [0, 0.1) is 6.92 Å². The summed E-state index contributed by atoms with van der Waals surface area (Å²) in [6.45, 7) is 5.68. The highest BCUT2D eigenvalue weighted by atomic mass is 35.5. The van der Waals surface area contributed by atoms with E-state index in [4.69, 9.17) is 16.3 Å². The minimum Gasteiger partial charge on any atom is -0.481 e. The second kappa shape index (κ2) is 8.74. The van der Waals surface area contributed by atoms with Gasteiger partial charge in [0.1, 0.15) is 5.75 Å². The molecule has 128 valence electrons. The number of nitrogens with one attached hydrogen (secondary N) is 1. The summed E-state index contributed by atoms with van der Waals surface area (Å²) in [6, 6.07) is 15.7. The molecule has 0 aromatic heterocycles. The highest BCUT2D eigenvalue weighted by Crippen LogP contribution is 2.22. The molecule has 0 aliphatic carbocycles. The molecule has 2 aromatic rings. The van der Waals surface area contributed by atoms with Crippen molar-refractivity contribution in [2.24, 2.45) is 0 Å². The van der Waals surface area contributed by atoms with Crippen LogP contribution in [-0.4, -0.2) is 18.1 Å². The molecule has 0 fully saturated rings. The second-order valence-corrected chi connectivity index (χ2v) is 6.54. The lowest BCUT2D eigenvalue weighted by Crippen LogP contribution is -2.41. The highest BCUT2D eigenvalue weighted by Gasteiger charge is 2.17. The third kappa shape index (κ3) is 5.57. The number of ether oxygens (including phenoxy) is 1. The summed E-state index contributed by atoms with van der Waals surface area (Å²) in [7, 11) is 0. The number of hydrogen-bond acceptors (Lipinski definition) is 2. The maximum absolute atomic E-state index is 12.3. The van der Waals surface area contributed by atoms with Gasteiger partial charge < -0.3 is 10.1 Å². The lowest BCUT2D eigenvalue weighted by atomic mass is 10.1. The molecule has 0 unspecified atom stereocenters. The molecule has 4 heteroatoms. The molecular weight excluding hydrogens is 322 g/mol. The predicted molar refractivity (Wildman–Crippen MR) is 98.6 cm³/mol. The third-order valence-corrected chi connectivity index (χ3v) is 4.14. The Morgan fingerprint density at radius 2 is 1.88 bits per heavy atom. The first-order valence-electron chi connectivity index (χ1n) is 8.23. The number of aryl methyl sites for hydroxylation is 2. The Balaban J connectivity index is 1.82. The maximum atomic E-state index is 12.3. The number of carbonyl (C=O) groups is 1. The third-order valence-electron chi connectivity index (χ3n) is 3.91. The van der Waals surface area contributed by atoms with Gasteiger partial charge in [-0.25, -0.2) is 0 Å². The fourth-order valence-electron chi connectivity index (χ4n) is 2.45. The van der Waals surface area contributed by atoms with Gasteiger partial charge in [-0.1, -0.05) is 41.9 Å². The second-order valence-electron chi connectivity index (χ2n) is 6.10. The van der Waals surface area contributed by atoms with Crippen LogP contribution < -0.4 is 10.1 Å². The number of hydrogen-bond donors (Lipinski definition) is 1. The molecule has 2 atom stereocenters. The van der Waals surface area contributed by atoms with Crippen LogP contribution >= 0.6 is 11.6 Å². The monoisotopic (exact) mass is 345 g/mol. The molecule has 2 aromatic carbocycles. The van der Waals surface area contributed by atoms with Crippen molar-refractivity contribution < 1.29 is 9.53 Å². The molecule has 0 saturated carbocycles. The molecule has 1 amide bonds. The van der Waals surface area contributed by atoms with E-state index in [1.807, 2.05) is 38.1 Å². The van der Waals surface area contributed by atoms with Crippen molar-refractivity contribution in [1.29, 1.82) is 0 Å². The van der Waals surface area contributed by atoms with Crippen LogP contribution in [0.15, 0.2) is 48.5 Å². The molecule has 0 radical (unpaired) electrons. The molecule has 0 aliphatic rings. The first-order chi connectivity index (χ1) is 11.5. The van der Waals surface area contributed by atoms with E-state index in [9.17, 15) is 4.79 Å². The van der Waals surface area contributed by atoms with Crippen LogP contribution in [-0.2, 0) is 11.2 Å². The summed E-state index contributed by atoms with van der Waals surface area (Å²) in [5.74, 6) is 0.573. The fourth-order valence-corrected chi connectivity index (χ4v) is 2.68. The van der Waals surface area contributed by atoms with E-state index in [1.165, 1.54) is 5.56 Å². The predicted octanol–water partition coefficient (Wildman–Crippen LogP) is 4.55. The van der Waals surface area contributed by atoms with E-state index in [1.54, 1.807) is 19.1 Å². The molecule has 0 bridgehead atoms. The topological polar surface area (TPSA) is 38.3 Å². The van der Waals surface area contributed by atoms with Gasteiger partial charge in [0.15, 0.2) is 6.10 Å². The summed E-state index contributed by atoms with van der Waals surface area (Å²) >= 11 is 5.94. The van der Waals surface area contributed by atoms with Gasteiger partial charge in [-0.15, -0.1) is 0 Å². The Hall–Kier alpha value is -2.00. The lowest BCUT2D eigenvalue weighted by molar-refractivity contribution is -0.127. The molecular formula is C20H24ClNO2. The van der Waals surface area contributed by atoms with Crippen LogP contribution in [0.1, 0.15) is 31.4 Å². The van der Waals surface area contributed by atoms with E-state index in [2.05, 4.69) is 17.4 Å². The van der Waals surface area contributed by atoms with Gasteiger partial charge in [-0.2, -0.15) is 0 Å². The molecule has 3 nitrogen and oxygen atoms in total. The average molecular weight is 346 g/mol. The van der Waals surface area contributed by atoms with Crippen molar-refractivity contribution in [3.05, 3.63) is 64.7 Å². The Labute approximate surface area is 149 Å². The number of amides is 1. The molecule has 0 heterocycles. The van der Waals surface area contributed by atoms with Crippen LogP contribution in [0.2, 0.25) is 5.02 Å². The number of carbonyl (C=O) groups excluding carboxylic acids is 1.